The number of carbonyl (C=O) groups is 2. The van der Waals surface area contributed by atoms with E-state index >= 15 is 4.39 Å². The number of likely N-dealkylation sites (tertiary alicyclic amines) is 1. The molecule has 0 aliphatic carbocycles. The Labute approximate surface area is 301 Å². The predicted molar refractivity (Wildman–Crippen MR) is 197 cm³/mol. The predicted octanol–water partition coefficient (Wildman–Crippen LogP) is 5.86. The molecule has 4 aromatic rings. The number of aromatic amines is 1. The molecule has 3 N–H and O–H groups in total. The normalized spacial score (nSPS) is 19.5. The highest BCUT2D eigenvalue weighted by Crippen LogP contribution is 2.36. The number of nitrogens with zero attached hydrogens (tertiary/aromatic N) is 4. The van der Waals surface area contributed by atoms with Crippen molar-refractivity contribution in [1.29, 1.82) is 0 Å². The lowest BCUT2D eigenvalue weighted by atomic mass is 9.85. The molecule has 11 nitrogen and oxygen atoms in total. The van der Waals surface area contributed by atoms with Crippen molar-refractivity contribution in [2.75, 3.05) is 43.5 Å². The molecule has 2 aromatic carbocycles. The molecule has 1 unspecified atom stereocenters. The summed E-state index contributed by atoms with van der Waals surface area (Å²) in [6.45, 7) is 4.27. The molecule has 270 valence electrons. The van der Waals surface area contributed by atoms with Gasteiger partial charge in [0.15, 0.2) is 0 Å². The van der Waals surface area contributed by atoms with Gasteiger partial charge in [0, 0.05) is 61.5 Å². The van der Waals surface area contributed by atoms with E-state index in [4.69, 9.17) is 16.3 Å². The Balaban J connectivity index is 0.876. The fourth-order valence-electron chi connectivity index (χ4n) is 7.96. The number of fused-ring (bicyclic) bond motifs is 1. The van der Waals surface area contributed by atoms with Crippen molar-refractivity contribution in [2.45, 2.75) is 64.0 Å². The van der Waals surface area contributed by atoms with Crippen LogP contribution in [-0.4, -0.2) is 70.8 Å². The first-order valence-electron chi connectivity index (χ1n) is 17.9. The third kappa shape index (κ3) is 7.62. The van der Waals surface area contributed by atoms with E-state index in [0.717, 1.165) is 68.8 Å². The van der Waals surface area contributed by atoms with Crippen molar-refractivity contribution in [3.63, 3.8) is 0 Å². The average Bonchev–Trinajstić information content (AvgIpc) is 3.62. The van der Waals surface area contributed by atoms with Gasteiger partial charge in [0.1, 0.15) is 23.1 Å². The first kappa shape index (κ1) is 35.0. The fraction of sp³-hybridized carbons (Fsp3) is 0.474. The van der Waals surface area contributed by atoms with Crippen LogP contribution in [0.3, 0.4) is 0 Å². The summed E-state index contributed by atoms with van der Waals surface area (Å²) in [7, 11) is 3.24. The van der Waals surface area contributed by atoms with Crippen molar-refractivity contribution in [2.24, 2.45) is 18.9 Å². The van der Waals surface area contributed by atoms with Crippen molar-refractivity contribution in [3.8, 4) is 16.9 Å². The maximum absolute atomic E-state index is 15.7. The molecular formula is C38H45ClFN7O4. The molecule has 13 heteroatoms. The molecule has 5 heterocycles. The van der Waals surface area contributed by atoms with E-state index in [1.54, 1.807) is 26.6 Å². The zero-order valence-corrected chi connectivity index (χ0v) is 29.9. The molecule has 2 amide bonds. The zero-order valence-electron chi connectivity index (χ0n) is 29.1. The second-order valence-corrected chi connectivity index (χ2v) is 14.7. The number of ether oxygens (including phenoxy) is 1. The number of pyridine rings is 1. The summed E-state index contributed by atoms with van der Waals surface area (Å²) in [5.41, 5.74) is 3.91. The summed E-state index contributed by atoms with van der Waals surface area (Å²) < 4.78 is 22.9. The van der Waals surface area contributed by atoms with E-state index < -0.39 is 6.04 Å². The maximum atomic E-state index is 15.7. The minimum atomic E-state index is -0.438. The number of aromatic nitrogens is 3. The highest BCUT2D eigenvalue weighted by Gasteiger charge is 2.28. The molecule has 2 aromatic heterocycles. The second kappa shape index (κ2) is 15.1. The van der Waals surface area contributed by atoms with Gasteiger partial charge >= 0.3 is 0 Å². The number of piperidine rings is 3. The lowest BCUT2D eigenvalue weighted by molar-refractivity contribution is -0.133. The first-order chi connectivity index (χ1) is 24.7. The number of hydrogen-bond donors (Lipinski definition) is 3. The molecule has 0 radical (unpaired) electrons. The standard InChI is InChI=1S/C38H45ClFN7O4/c1-45-21-28(27-20-41-44-36(27)38(45)50)25-17-31(40)29(34(18-25)51-2)22-46-13-9-23(10-14-46)3-4-24-11-15-47(16-12-24)33-7-5-26(19-30(33)39)42-32-6-8-35(48)43-37(32)49/h5,7,17-21,23-24,32,42H,3-4,6,8-16,22H2,1-2H3,(H,41,44)(H,43,48,49). The van der Waals surface area contributed by atoms with Gasteiger partial charge in [0.05, 0.1) is 24.0 Å². The van der Waals surface area contributed by atoms with Crippen molar-refractivity contribution in [1.82, 2.24) is 25.0 Å². The van der Waals surface area contributed by atoms with Gasteiger partial charge in [-0.05, 0) is 92.9 Å². The van der Waals surface area contributed by atoms with Crippen LogP contribution < -0.4 is 25.8 Å². The number of hydrogen-bond acceptors (Lipinski definition) is 8. The van der Waals surface area contributed by atoms with Gasteiger partial charge in [-0.3, -0.25) is 29.7 Å². The molecule has 3 fully saturated rings. The topological polar surface area (TPSA) is 125 Å². The molecule has 7 rings (SSSR count). The van der Waals surface area contributed by atoms with Crippen LogP contribution in [0.4, 0.5) is 15.8 Å². The molecule has 3 aliphatic heterocycles. The fourth-order valence-corrected chi connectivity index (χ4v) is 8.26. The maximum Gasteiger partial charge on any atom is 0.276 e. The van der Waals surface area contributed by atoms with Crippen molar-refractivity contribution < 1.29 is 18.7 Å². The highest BCUT2D eigenvalue weighted by molar-refractivity contribution is 6.33. The number of rotatable bonds is 10. The number of benzene rings is 2. The lowest BCUT2D eigenvalue weighted by Crippen LogP contribution is -2.47. The zero-order chi connectivity index (χ0) is 35.6. The summed E-state index contributed by atoms with van der Waals surface area (Å²) in [4.78, 5) is 40.7. The molecule has 1 atom stereocenters. The Morgan fingerprint density at radius 2 is 1.73 bits per heavy atom. The van der Waals surface area contributed by atoms with Crippen molar-refractivity contribution in [3.05, 3.63) is 69.5 Å². The minimum Gasteiger partial charge on any atom is -0.496 e. The van der Waals surface area contributed by atoms with Crippen LogP contribution in [0.15, 0.2) is 47.5 Å². The largest absolute Gasteiger partial charge is 0.496 e. The van der Waals surface area contributed by atoms with Crippen LogP contribution in [0.25, 0.3) is 22.0 Å². The van der Waals surface area contributed by atoms with Crippen LogP contribution in [0, 0.1) is 17.7 Å². The van der Waals surface area contributed by atoms with Gasteiger partial charge in [-0.15, -0.1) is 0 Å². The number of halogens is 2. The summed E-state index contributed by atoms with van der Waals surface area (Å²) in [6, 6.07) is 8.79. The Morgan fingerprint density at radius 3 is 2.41 bits per heavy atom. The number of nitrogens with one attached hydrogen (secondary N) is 3. The third-order valence-corrected chi connectivity index (χ3v) is 11.3. The van der Waals surface area contributed by atoms with E-state index in [9.17, 15) is 14.4 Å². The summed E-state index contributed by atoms with van der Waals surface area (Å²) in [6.07, 6.45) is 11.0. The summed E-state index contributed by atoms with van der Waals surface area (Å²) in [5.74, 6) is 1.03. The van der Waals surface area contributed by atoms with Crippen molar-refractivity contribution >= 4 is 45.7 Å². The van der Waals surface area contributed by atoms with E-state index in [1.165, 1.54) is 23.5 Å². The van der Waals surface area contributed by atoms with E-state index in [-0.39, 0.29) is 23.2 Å². The van der Waals surface area contributed by atoms with Crippen LogP contribution >= 0.6 is 11.6 Å². The number of imide groups is 1. The molecule has 0 spiro atoms. The number of carbonyl (C=O) groups excluding carboxylic acids is 2. The monoisotopic (exact) mass is 717 g/mol. The Hall–Kier alpha value is -4.42. The first-order valence-corrected chi connectivity index (χ1v) is 18.3. The number of H-pyrrole nitrogens is 1. The highest BCUT2D eigenvalue weighted by atomic mass is 35.5. The van der Waals surface area contributed by atoms with Gasteiger partial charge in [-0.25, -0.2) is 4.39 Å². The van der Waals surface area contributed by atoms with E-state index in [1.807, 2.05) is 24.3 Å². The van der Waals surface area contributed by atoms with Gasteiger partial charge < -0.3 is 19.5 Å². The SMILES string of the molecule is COc1cc(-c2cn(C)c(=O)c3[nH]ncc23)cc(F)c1CN1CCC(CCC2CCN(c3ccc(NC4CCC(=O)NC4=O)cc3Cl)CC2)CC1. The van der Waals surface area contributed by atoms with Gasteiger partial charge in [0.2, 0.25) is 11.8 Å². The molecule has 0 bridgehead atoms. The summed E-state index contributed by atoms with van der Waals surface area (Å²) >= 11 is 6.70. The third-order valence-electron chi connectivity index (χ3n) is 11.0. The Kier molecular flexibility index (Phi) is 10.3. The molecule has 3 aliphatic rings. The number of methoxy groups -OCH3 is 1. The smallest absolute Gasteiger partial charge is 0.276 e. The Morgan fingerprint density at radius 1 is 1.00 bits per heavy atom. The molecule has 0 saturated carbocycles. The number of anilines is 2. The lowest BCUT2D eigenvalue weighted by Gasteiger charge is -2.36. The summed E-state index contributed by atoms with van der Waals surface area (Å²) in [5, 5.41) is 13.7. The minimum absolute atomic E-state index is 0.184. The van der Waals surface area contributed by atoms with E-state index in [0.29, 0.717) is 64.0 Å². The van der Waals surface area contributed by atoms with Gasteiger partial charge in [-0.1, -0.05) is 24.4 Å². The second-order valence-electron chi connectivity index (χ2n) is 14.3. The van der Waals surface area contributed by atoms with Crippen LogP contribution in [0.5, 0.6) is 5.75 Å². The van der Waals surface area contributed by atoms with Crippen LogP contribution in [-0.2, 0) is 23.2 Å². The average molecular weight is 718 g/mol. The molecule has 3 saturated heterocycles. The molecule has 51 heavy (non-hydrogen) atoms. The van der Waals surface area contributed by atoms with Gasteiger partial charge in [0.25, 0.3) is 5.56 Å². The Bertz CT molecular complexity index is 1980. The van der Waals surface area contributed by atoms with Crippen LogP contribution in [0.1, 0.15) is 56.9 Å². The quantitative estimate of drug-likeness (QED) is 0.175. The van der Waals surface area contributed by atoms with Crippen LogP contribution in [0.2, 0.25) is 5.02 Å². The number of amides is 2. The van der Waals surface area contributed by atoms with E-state index in [2.05, 4.69) is 30.6 Å². The van der Waals surface area contributed by atoms with Gasteiger partial charge in [-0.2, -0.15) is 5.10 Å². The number of aryl methyl sites for hydroxylation is 1. The molecular weight excluding hydrogens is 673 g/mol.